The van der Waals surface area contributed by atoms with Crippen LogP contribution in [0.25, 0.3) is 6.08 Å². The Bertz CT molecular complexity index is 723. The van der Waals surface area contributed by atoms with Crippen LogP contribution >= 0.6 is 11.8 Å². The van der Waals surface area contributed by atoms with Gasteiger partial charge >= 0.3 is 0 Å². The second-order valence-electron chi connectivity index (χ2n) is 5.16. The molecule has 2 aromatic rings. The van der Waals surface area contributed by atoms with Gasteiger partial charge in [0.1, 0.15) is 17.4 Å². The van der Waals surface area contributed by atoms with Crippen LogP contribution in [-0.2, 0) is 0 Å². The van der Waals surface area contributed by atoms with E-state index in [1.54, 1.807) is 23.9 Å². The molecular weight excluding hydrogens is 308 g/mol. The van der Waals surface area contributed by atoms with Crippen LogP contribution in [0.1, 0.15) is 29.3 Å². The van der Waals surface area contributed by atoms with Gasteiger partial charge in [-0.15, -0.1) is 0 Å². The number of benzene rings is 2. The highest BCUT2D eigenvalue weighted by atomic mass is 32.2. The van der Waals surface area contributed by atoms with Crippen LogP contribution in [0.15, 0.2) is 53.4 Å². The number of rotatable bonds is 6. The molecular formula is C19H18O3S. The van der Waals surface area contributed by atoms with Gasteiger partial charge in [0.05, 0.1) is 17.1 Å². The van der Waals surface area contributed by atoms with Crippen LogP contribution in [0.2, 0.25) is 0 Å². The van der Waals surface area contributed by atoms with Crippen LogP contribution in [0.3, 0.4) is 0 Å². The molecule has 1 aliphatic rings. The number of allylic oxidation sites excluding steroid dienone is 1. The molecule has 0 aliphatic carbocycles. The van der Waals surface area contributed by atoms with Crippen molar-refractivity contribution >= 4 is 23.6 Å². The van der Waals surface area contributed by atoms with E-state index >= 15 is 0 Å². The molecule has 0 fully saturated rings. The van der Waals surface area contributed by atoms with Gasteiger partial charge in [-0.3, -0.25) is 4.79 Å². The number of hydrogen-bond acceptors (Lipinski definition) is 4. The van der Waals surface area contributed by atoms with Crippen molar-refractivity contribution in [2.24, 2.45) is 0 Å². The second kappa shape index (κ2) is 7.38. The summed E-state index contributed by atoms with van der Waals surface area (Å²) in [5.41, 5.74) is 1.54. The van der Waals surface area contributed by atoms with Crippen molar-refractivity contribution in [2.75, 3.05) is 12.5 Å². The number of carbonyl (C=O) groups excluding carboxylic acids is 1. The molecule has 1 heterocycles. The first-order chi connectivity index (χ1) is 11.3. The van der Waals surface area contributed by atoms with E-state index < -0.39 is 0 Å². The Kier molecular flexibility index (Phi) is 5.03. The standard InChI is InChI=1S/C19H18O3S/c1-2-10-21-17-12-19-18(22-13-23-19)11-15(17)16(20)9-8-14-6-4-3-5-7-14/h3-9,11-12H,2,10,13H2,1H3/b9-8+. The van der Waals surface area contributed by atoms with Gasteiger partial charge in [-0.1, -0.05) is 55.1 Å². The van der Waals surface area contributed by atoms with Gasteiger partial charge in [0.25, 0.3) is 0 Å². The summed E-state index contributed by atoms with van der Waals surface area (Å²) in [4.78, 5) is 13.6. The first-order valence-corrected chi connectivity index (χ1v) is 8.60. The summed E-state index contributed by atoms with van der Waals surface area (Å²) < 4.78 is 11.3. The van der Waals surface area contributed by atoms with E-state index in [0.29, 0.717) is 23.9 Å². The zero-order valence-electron chi connectivity index (χ0n) is 13.0. The summed E-state index contributed by atoms with van der Waals surface area (Å²) in [6.45, 7) is 2.63. The molecule has 0 bridgehead atoms. The summed E-state index contributed by atoms with van der Waals surface area (Å²) in [6, 6.07) is 13.5. The molecule has 0 amide bonds. The Morgan fingerprint density at radius 1 is 1.30 bits per heavy atom. The van der Waals surface area contributed by atoms with Crippen LogP contribution < -0.4 is 9.47 Å². The lowest BCUT2D eigenvalue weighted by Gasteiger charge is -2.10. The Hall–Kier alpha value is -2.20. The Morgan fingerprint density at radius 2 is 2.13 bits per heavy atom. The third-order valence-electron chi connectivity index (χ3n) is 3.43. The predicted octanol–water partition coefficient (Wildman–Crippen LogP) is 4.81. The molecule has 23 heavy (non-hydrogen) atoms. The maximum Gasteiger partial charge on any atom is 0.189 e. The molecule has 0 saturated carbocycles. The molecule has 0 unspecified atom stereocenters. The van der Waals surface area contributed by atoms with E-state index in [1.807, 2.05) is 49.4 Å². The highest BCUT2D eigenvalue weighted by Gasteiger charge is 2.20. The summed E-state index contributed by atoms with van der Waals surface area (Å²) in [7, 11) is 0. The Morgan fingerprint density at radius 3 is 2.91 bits per heavy atom. The van der Waals surface area contributed by atoms with Crippen molar-refractivity contribution < 1.29 is 14.3 Å². The molecule has 0 N–H and O–H groups in total. The molecule has 3 rings (SSSR count). The first-order valence-electron chi connectivity index (χ1n) is 7.62. The predicted molar refractivity (Wildman–Crippen MR) is 93.4 cm³/mol. The Balaban J connectivity index is 1.87. The molecule has 118 valence electrons. The zero-order valence-corrected chi connectivity index (χ0v) is 13.8. The Labute approximate surface area is 140 Å². The highest BCUT2D eigenvalue weighted by molar-refractivity contribution is 7.99. The number of ether oxygens (including phenoxy) is 2. The molecule has 2 aromatic carbocycles. The molecule has 0 spiro atoms. The van der Waals surface area contributed by atoms with Crippen molar-refractivity contribution in [3.8, 4) is 11.5 Å². The maximum atomic E-state index is 12.6. The number of thioether (sulfide) groups is 1. The first kappa shape index (κ1) is 15.7. The largest absolute Gasteiger partial charge is 0.493 e. The number of ketones is 1. The van der Waals surface area contributed by atoms with Gasteiger partial charge in [0.2, 0.25) is 0 Å². The molecule has 3 nitrogen and oxygen atoms in total. The van der Waals surface area contributed by atoms with E-state index in [1.165, 1.54) is 0 Å². The molecule has 4 heteroatoms. The minimum Gasteiger partial charge on any atom is -0.493 e. The topological polar surface area (TPSA) is 35.5 Å². The average molecular weight is 326 g/mol. The number of hydrogen-bond donors (Lipinski definition) is 0. The lowest BCUT2D eigenvalue weighted by Crippen LogP contribution is -2.03. The van der Waals surface area contributed by atoms with E-state index in [4.69, 9.17) is 9.47 Å². The van der Waals surface area contributed by atoms with Crippen LogP contribution in [0.5, 0.6) is 11.5 Å². The third kappa shape index (κ3) is 3.77. The van der Waals surface area contributed by atoms with Gasteiger partial charge in [-0.25, -0.2) is 0 Å². The average Bonchev–Trinajstić information content (AvgIpc) is 3.05. The SMILES string of the molecule is CCCOc1cc2c(cc1C(=O)/C=C/c1ccccc1)OCS2. The smallest absolute Gasteiger partial charge is 0.189 e. The van der Waals surface area contributed by atoms with Crippen molar-refractivity contribution in [1.82, 2.24) is 0 Å². The van der Waals surface area contributed by atoms with E-state index in [0.717, 1.165) is 22.6 Å². The monoisotopic (exact) mass is 326 g/mol. The second-order valence-corrected chi connectivity index (χ2v) is 6.12. The van der Waals surface area contributed by atoms with E-state index in [9.17, 15) is 4.79 Å². The van der Waals surface area contributed by atoms with E-state index in [2.05, 4.69) is 0 Å². The van der Waals surface area contributed by atoms with Crippen molar-refractivity contribution in [3.63, 3.8) is 0 Å². The van der Waals surface area contributed by atoms with Crippen LogP contribution in [-0.4, -0.2) is 18.3 Å². The van der Waals surface area contributed by atoms with Gasteiger partial charge < -0.3 is 9.47 Å². The molecule has 0 aromatic heterocycles. The fraction of sp³-hybridized carbons (Fsp3) is 0.211. The number of fused-ring (bicyclic) bond motifs is 1. The zero-order chi connectivity index (χ0) is 16.1. The van der Waals surface area contributed by atoms with Gasteiger partial charge in [0.15, 0.2) is 5.78 Å². The maximum absolute atomic E-state index is 12.6. The van der Waals surface area contributed by atoms with Gasteiger partial charge in [0, 0.05) is 0 Å². The summed E-state index contributed by atoms with van der Waals surface area (Å²) in [5, 5.41) is 0. The van der Waals surface area contributed by atoms with Gasteiger partial charge in [-0.2, -0.15) is 0 Å². The molecule has 1 aliphatic heterocycles. The fourth-order valence-corrected chi connectivity index (χ4v) is 3.04. The van der Waals surface area contributed by atoms with Crippen molar-refractivity contribution in [1.29, 1.82) is 0 Å². The number of carbonyl (C=O) groups is 1. The summed E-state index contributed by atoms with van der Waals surface area (Å²) >= 11 is 1.61. The lowest BCUT2D eigenvalue weighted by atomic mass is 10.1. The van der Waals surface area contributed by atoms with Gasteiger partial charge in [-0.05, 0) is 30.2 Å². The van der Waals surface area contributed by atoms with E-state index in [-0.39, 0.29) is 5.78 Å². The summed E-state index contributed by atoms with van der Waals surface area (Å²) in [6.07, 6.45) is 4.29. The minimum absolute atomic E-state index is 0.0803. The molecule has 0 atom stereocenters. The van der Waals surface area contributed by atoms with Crippen molar-refractivity contribution in [2.45, 2.75) is 18.2 Å². The van der Waals surface area contributed by atoms with Crippen molar-refractivity contribution in [3.05, 3.63) is 59.7 Å². The normalized spacial score (nSPS) is 12.9. The molecule has 0 saturated heterocycles. The minimum atomic E-state index is -0.0803. The lowest BCUT2D eigenvalue weighted by molar-refractivity contribution is 0.104. The van der Waals surface area contributed by atoms with Crippen LogP contribution in [0.4, 0.5) is 0 Å². The summed E-state index contributed by atoms with van der Waals surface area (Å²) in [5.74, 6) is 1.89. The quantitative estimate of drug-likeness (QED) is 0.563. The fourth-order valence-electron chi connectivity index (χ4n) is 2.27. The third-order valence-corrected chi connectivity index (χ3v) is 4.29. The van der Waals surface area contributed by atoms with Crippen LogP contribution in [0, 0.1) is 0 Å². The molecule has 0 radical (unpaired) electrons. The highest BCUT2D eigenvalue weighted by Crippen LogP contribution is 2.40.